The zero-order valence-electron chi connectivity index (χ0n) is 17.3. The van der Waals surface area contributed by atoms with Crippen LogP contribution in [-0.2, 0) is 0 Å². The van der Waals surface area contributed by atoms with Crippen molar-refractivity contribution in [1.29, 1.82) is 0 Å². The van der Waals surface area contributed by atoms with E-state index in [1.54, 1.807) is 12.1 Å². The summed E-state index contributed by atoms with van der Waals surface area (Å²) >= 11 is 0. The van der Waals surface area contributed by atoms with Gasteiger partial charge in [0.1, 0.15) is 0 Å². The van der Waals surface area contributed by atoms with Crippen molar-refractivity contribution in [2.75, 3.05) is 41.3 Å². The summed E-state index contributed by atoms with van der Waals surface area (Å²) in [4.78, 5) is 30.1. The van der Waals surface area contributed by atoms with Gasteiger partial charge in [0.05, 0.1) is 5.69 Å². The molecule has 154 valence electrons. The fourth-order valence-corrected chi connectivity index (χ4v) is 4.09. The molecule has 1 aliphatic heterocycles. The van der Waals surface area contributed by atoms with Crippen LogP contribution in [0.15, 0.2) is 54.6 Å². The zero-order chi connectivity index (χ0) is 21.3. The third kappa shape index (κ3) is 3.19. The average molecular weight is 402 g/mol. The number of carbonyl (C=O) groups excluding carboxylic acids is 2. The maximum absolute atomic E-state index is 13.3. The van der Waals surface area contributed by atoms with E-state index in [2.05, 4.69) is 24.1 Å². The number of hydrogen-bond acceptors (Lipinski definition) is 5. The first-order valence-corrected chi connectivity index (χ1v) is 10.3. The van der Waals surface area contributed by atoms with E-state index < -0.39 is 0 Å². The monoisotopic (exact) mass is 402 g/mol. The fourth-order valence-electron chi connectivity index (χ4n) is 4.09. The highest BCUT2D eigenvalue weighted by Gasteiger charge is 2.34. The summed E-state index contributed by atoms with van der Waals surface area (Å²) in [6.07, 6.45) is 0. The minimum Gasteiger partial charge on any atom is -0.383 e. The van der Waals surface area contributed by atoms with Crippen LogP contribution in [0.4, 0.5) is 17.1 Å². The molecule has 0 saturated heterocycles. The van der Waals surface area contributed by atoms with Crippen LogP contribution < -0.4 is 20.9 Å². The van der Waals surface area contributed by atoms with Gasteiger partial charge in [0.15, 0.2) is 0 Å². The number of rotatable bonds is 7. The Morgan fingerprint density at radius 1 is 0.900 bits per heavy atom. The molecule has 6 heteroatoms. The second kappa shape index (κ2) is 8.16. The highest BCUT2D eigenvalue weighted by molar-refractivity contribution is 6.36. The highest BCUT2D eigenvalue weighted by atomic mass is 16.2. The number of benzene rings is 3. The summed E-state index contributed by atoms with van der Waals surface area (Å²) in [6, 6.07) is 16.8. The van der Waals surface area contributed by atoms with E-state index in [1.807, 2.05) is 42.5 Å². The Balaban J connectivity index is 1.77. The molecule has 4 rings (SSSR count). The number of hydrogen-bond donors (Lipinski definition) is 2. The summed E-state index contributed by atoms with van der Waals surface area (Å²) < 4.78 is 0. The predicted molar refractivity (Wildman–Crippen MR) is 123 cm³/mol. The number of carbonyl (C=O) groups is 2. The van der Waals surface area contributed by atoms with Gasteiger partial charge in [-0.05, 0) is 56.3 Å². The van der Waals surface area contributed by atoms with Gasteiger partial charge in [0.2, 0.25) is 0 Å². The third-order valence-corrected chi connectivity index (χ3v) is 5.60. The second-order valence-electron chi connectivity index (χ2n) is 7.24. The summed E-state index contributed by atoms with van der Waals surface area (Å²) in [5.74, 6) is -0.602. The molecule has 0 bridgehead atoms. The van der Waals surface area contributed by atoms with Crippen molar-refractivity contribution in [2.24, 2.45) is 5.73 Å². The van der Waals surface area contributed by atoms with Crippen LogP contribution in [0.25, 0.3) is 10.8 Å². The Bertz CT molecular complexity index is 1080. The van der Waals surface area contributed by atoms with Gasteiger partial charge in [-0.25, -0.2) is 4.90 Å². The summed E-state index contributed by atoms with van der Waals surface area (Å²) in [5, 5.41) is 4.83. The highest BCUT2D eigenvalue weighted by Crippen LogP contribution is 2.36. The molecule has 0 aliphatic carbocycles. The maximum Gasteiger partial charge on any atom is 0.265 e. The molecule has 6 nitrogen and oxygen atoms in total. The van der Waals surface area contributed by atoms with Crippen molar-refractivity contribution < 1.29 is 9.59 Å². The van der Waals surface area contributed by atoms with Gasteiger partial charge in [-0.2, -0.15) is 0 Å². The van der Waals surface area contributed by atoms with Crippen molar-refractivity contribution in [3.63, 3.8) is 0 Å². The number of anilines is 3. The minimum atomic E-state index is -0.301. The van der Waals surface area contributed by atoms with Crippen LogP contribution in [0.5, 0.6) is 0 Å². The largest absolute Gasteiger partial charge is 0.383 e. The first-order valence-electron chi connectivity index (χ1n) is 10.3. The van der Waals surface area contributed by atoms with Gasteiger partial charge in [-0.3, -0.25) is 9.59 Å². The van der Waals surface area contributed by atoms with Gasteiger partial charge >= 0.3 is 0 Å². The van der Waals surface area contributed by atoms with Gasteiger partial charge in [0, 0.05) is 59.5 Å². The molecule has 1 aliphatic rings. The first kappa shape index (κ1) is 19.9. The Labute approximate surface area is 176 Å². The lowest BCUT2D eigenvalue weighted by Crippen LogP contribution is -2.40. The van der Waals surface area contributed by atoms with E-state index >= 15 is 0 Å². The predicted octanol–water partition coefficient (Wildman–Crippen LogP) is 3.86. The van der Waals surface area contributed by atoms with Crippen molar-refractivity contribution in [3.05, 3.63) is 65.7 Å². The van der Waals surface area contributed by atoms with E-state index in [0.717, 1.165) is 29.9 Å². The normalized spacial score (nSPS) is 13.1. The second-order valence-corrected chi connectivity index (χ2v) is 7.24. The van der Waals surface area contributed by atoms with Crippen LogP contribution in [-0.4, -0.2) is 38.0 Å². The molecule has 0 aromatic heterocycles. The summed E-state index contributed by atoms with van der Waals surface area (Å²) in [5.41, 5.74) is 9.20. The Hall–Kier alpha value is -3.38. The van der Waals surface area contributed by atoms with E-state index in [0.29, 0.717) is 35.3 Å². The number of imide groups is 1. The molecule has 2 amide bonds. The molecule has 0 fully saturated rings. The van der Waals surface area contributed by atoms with Gasteiger partial charge < -0.3 is 16.0 Å². The lowest BCUT2D eigenvalue weighted by atomic mass is 9.92. The smallest absolute Gasteiger partial charge is 0.265 e. The maximum atomic E-state index is 13.3. The lowest BCUT2D eigenvalue weighted by molar-refractivity contribution is 0.0893. The molecule has 3 aromatic carbocycles. The molecule has 0 spiro atoms. The van der Waals surface area contributed by atoms with E-state index in [4.69, 9.17) is 5.73 Å². The van der Waals surface area contributed by atoms with Gasteiger partial charge in [0.25, 0.3) is 11.8 Å². The number of nitrogens with two attached hydrogens (primary N) is 1. The van der Waals surface area contributed by atoms with Crippen molar-refractivity contribution in [3.8, 4) is 0 Å². The Morgan fingerprint density at radius 3 is 2.20 bits per heavy atom. The van der Waals surface area contributed by atoms with Gasteiger partial charge in [-0.1, -0.05) is 12.1 Å². The van der Waals surface area contributed by atoms with E-state index in [9.17, 15) is 9.59 Å². The molecule has 3 N–H and O–H groups in total. The lowest BCUT2D eigenvalue weighted by Gasteiger charge is -2.28. The topological polar surface area (TPSA) is 78.7 Å². The molecule has 0 radical (unpaired) electrons. The van der Waals surface area contributed by atoms with E-state index in [-0.39, 0.29) is 11.8 Å². The molecule has 3 aromatic rings. The van der Waals surface area contributed by atoms with Crippen molar-refractivity contribution >= 4 is 39.6 Å². The van der Waals surface area contributed by atoms with Crippen molar-refractivity contribution in [1.82, 2.24) is 0 Å². The van der Waals surface area contributed by atoms with Gasteiger partial charge in [-0.15, -0.1) is 0 Å². The summed E-state index contributed by atoms with van der Waals surface area (Å²) in [6.45, 7) is 7.11. The minimum absolute atomic E-state index is 0.301. The Morgan fingerprint density at radius 2 is 1.57 bits per heavy atom. The average Bonchev–Trinajstić information content (AvgIpc) is 2.78. The summed E-state index contributed by atoms with van der Waals surface area (Å²) in [7, 11) is 0. The zero-order valence-corrected chi connectivity index (χ0v) is 17.3. The molecule has 0 atom stereocenters. The first-order chi connectivity index (χ1) is 14.6. The Kier molecular flexibility index (Phi) is 5.42. The fraction of sp³-hybridized carbons (Fsp3) is 0.250. The quantitative estimate of drug-likeness (QED) is 0.587. The van der Waals surface area contributed by atoms with Crippen LogP contribution in [0.2, 0.25) is 0 Å². The van der Waals surface area contributed by atoms with Crippen LogP contribution in [0, 0.1) is 0 Å². The number of nitrogens with zero attached hydrogens (tertiary/aromatic N) is 2. The van der Waals surface area contributed by atoms with E-state index in [1.165, 1.54) is 4.90 Å². The van der Waals surface area contributed by atoms with Crippen molar-refractivity contribution in [2.45, 2.75) is 13.8 Å². The van der Waals surface area contributed by atoms with Crippen LogP contribution in [0.3, 0.4) is 0 Å². The molecule has 30 heavy (non-hydrogen) atoms. The molecule has 0 unspecified atom stereocenters. The third-order valence-electron chi connectivity index (χ3n) is 5.60. The van der Waals surface area contributed by atoms with Crippen LogP contribution in [0.1, 0.15) is 34.6 Å². The number of nitrogens with one attached hydrogen (secondary N) is 1. The number of amides is 2. The molecule has 1 heterocycles. The van der Waals surface area contributed by atoms with Crippen LogP contribution >= 0.6 is 0 Å². The molecular weight excluding hydrogens is 376 g/mol. The SMILES string of the molecule is CCN(CC)c1ccc(N2C(=O)c3cccc4c(NCCN)ccc(c34)C2=O)cc1. The molecule has 0 saturated carbocycles. The standard InChI is InChI=1S/C24H26N4O2/c1-3-27(4-2)16-8-10-17(11-9-16)28-23(29)19-7-5-6-18-21(26-15-14-25)13-12-20(22(18)19)24(28)30/h5-13,26H,3-4,14-15,25H2,1-2H3. The molecular formula is C24H26N4O2.